The lowest BCUT2D eigenvalue weighted by Crippen LogP contribution is -2.32. The van der Waals surface area contributed by atoms with Crippen LogP contribution in [-0.4, -0.2) is 29.5 Å². The number of fused-ring (bicyclic) bond motifs is 2. The summed E-state index contributed by atoms with van der Waals surface area (Å²) >= 11 is 3.47. The minimum Gasteiger partial charge on any atom is -0.496 e. The second kappa shape index (κ2) is 8.41. The van der Waals surface area contributed by atoms with Crippen LogP contribution in [0.3, 0.4) is 0 Å². The number of allylic oxidation sites excluding steroid dienone is 1. The molecule has 0 radical (unpaired) electrons. The molecule has 0 spiro atoms. The van der Waals surface area contributed by atoms with Crippen LogP contribution in [0.4, 0.5) is 0 Å². The van der Waals surface area contributed by atoms with E-state index in [1.807, 2.05) is 49.5 Å². The second-order valence-electron chi connectivity index (χ2n) is 7.81. The van der Waals surface area contributed by atoms with Gasteiger partial charge < -0.3 is 14.2 Å². The van der Waals surface area contributed by atoms with Crippen LogP contribution in [0.25, 0.3) is 6.08 Å². The number of hydrogen-bond acceptors (Lipinski definition) is 6. The van der Waals surface area contributed by atoms with Crippen molar-refractivity contribution in [3.05, 3.63) is 86.8 Å². The molecule has 32 heavy (non-hydrogen) atoms. The Morgan fingerprint density at radius 2 is 2.12 bits per heavy atom. The first kappa shape index (κ1) is 20.7. The average molecular weight is 493 g/mol. The Kier molecular flexibility index (Phi) is 5.45. The Morgan fingerprint density at radius 3 is 2.91 bits per heavy atom. The number of carbonyl (C=O) groups excluding carboxylic acids is 1. The van der Waals surface area contributed by atoms with E-state index in [1.54, 1.807) is 19.4 Å². The van der Waals surface area contributed by atoms with Crippen molar-refractivity contribution in [2.45, 2.75) is 20.0 Å². The summed E-state index contributed by atoms with van der Waals surface area (Å²) in [5.74, 6) is 2.15. The van der Waals surface area contributed by atoms with E-state index in [0.29, 0.717) is 30.3 Å². The summed E-state index contributed by atoms with van der Waals surface area (Å²) in [4.78, 5) is 19.5. The number of carbonyl (C=O) groups is 1. The Bertz CT molecular complexity index is 1240. The number of halogens is 1. The average Bonchev–Trinajstić information content (AvgIpc) is 3.10. The SMILES string of the molecule is COc1ccc(Br)cc1/C=C1\Oc2c(cc3c(c2C)OCN(Cc2cccnc2)C3)C1=O. The summed E-state index contributed by atoms with van der Waals surface area (Å²) in [6.07, 6.45) is 5.34. The first-order valence-electron chi connectivity index (χ1n) is 10.2. The molecule has 2 aliphatic rings. The van der Waals surface area contributed by atoms with Crippen molar-refractivity contribution in [3.63, 3.8) is 0 Å². The number of benzene rings is 2. The standard InChI is InChI=1S/C25H21BrN2O4/c1-15-24-18(13-28(14-31-24)12-16-4-3-7-27-11-16)9-20-23(29)22(32-25(15)20)10-17-8-19(26)5-6-21(17)30-2/h3-11H,12-14H2,1-2H3/b22-10-. The highest BCUT2D eigenvalue weighted by molar-refractivity contribution is 9.10. The number of rotatable bonds is 4. The fourth-order valence-corrected chi connectivity index (χ4v) is 4.49. The van der Waals surface area contributed by atoms with E-state index in [0.717, 1.165) is 39.0 Å². The van der Waals surface area contributed by atoms with Crippen molar-refractivity contribution >= 4 is 27.8 Å². The van der Waals surface area contributed by atoms with E-state index in [9.17, 15) is 4.79 Å². The van der Waals surface area contributed by atoms with Crippen molar-refractivity contribution in [1.82, 2.24) is 9.88 Å². The minimum absolute atomic E-state index is 0.141. The first-order valence-corrected chi connectivity index (χ1v) is 11.0. The molecule has 0 amide bonds. The molecule has 6 nitrogen and oxygen atoms in total. The number of ether oxygens (including phenoxy) is 3. The lowest BCUT2D eigenvalue weighted by Gasteiger charge is -2.30. The van der Waals surface area contributed by atoms with E-state index < -0.39 is 0 Å². The Hall–Kier alpha value is -3.16. The molecule has 3 heterocycles. The number of Topliss-reactive ketones (excluding diaryl/α,β-unsaturated/α-hetero) is 1. The molecule has 0 atom stereocenters. The monoisotopic (exact) mass is 492 g/mol. The lowest BCUT2D eigenvalue weighted by atomic mass is 10.00. The van der Waals surface area contributed by atoms with Gasteiger partial charge in [-0.05, 0) is 48.9 Å². The highest BCUT2D eigenvalue weighted by Gasteiger charge is 2.33. The molecule has 0 N–H and O–H groups in total. The van der Waals surface area contributed by atoms with Gasteiger partial charge >= 0.3 is 0 Å². The molecule has 1 aromatic heterocycles. The molecular formula is C25H21BrN2O4. The predicted octanol–water partition coefficient (Wildman–Crippen LogP) is 5.13. The number of ketones is 1. The highest BCUT2D eigenvalue weighted by Crippen LogP contribution is 2.43. The van der Waals surface area contributed by atoms with Crippen molar-refractivity contribution < 1.29 is 19.0 Å². The molecule has 2 aromatic carbocycles. The second-order valence-corrected chi connectivity index (χ2v) is 8.73. The van der Waals surface area contributed by atoms with E-state index in [4.69, 9.17) is 14.2 Å². The van der Waals surface area contributed by atoms with Crippen LogP contribution in [0.5, 0.6) is 17.2 Å². The van der Waals surface area contributed by atoms with Crippen LogP contribution in [0.15, 0.2) is 59.0 Å². The van der Waals surface area contributed by atoms with E-state index in [1.165, 1.54) is 0 Å². The fourth-order valence-electron chi connectivity index (χ4n) is 4.11. The van der Waals surface area contributed by atoms with Gasteiger partial charge in [-0.3, -0.25) is 14.7 Å². The first-order chi connectivity index (χ1) is 15.5. The Morgan fingerprint density at radius 1 is 1.25 bits per heavy atom. The highest BCUT2D eigenvalue weighted by atomic mass is 79.9. The summed E-state index contributed by atoms with van der Waals surface area (Å²) in [7, 11) is 1.60. The van der Waals surface area contributed by atoms with Crippen LogP contribution >= 0.6 is 15.9 Å². The Labute approximate surface area is 194 Å². The molecular weight excluding hydrogens is 472 g/mol. The molecule has 0 fully saturated rings. The number of methoxy groups -OCH3 is 1. The number of hydrogen-bond donors (Lipinski definition) is 0. The maximum Gasteiger partial charge on any atom is 0.231 e. The molecule has 2 aliphatic heterocycles. The predicted molar refractivity (Wildman–Crippen MR) is 124 cm³/mol. The van der Waals surface area contributed by atoms with Crippen molar-refractivity contribution in [1.29, 1.82) is 0 Å². The molecule has 0 unspecified atom stereocenters. The largest absolute Gasteiger partial charge is 0.496 e. The Balaban J connectivity index is 1.45. The van der Waals surface area contributed by atoms with Crippen LogP contribution in [0, 0.1) is 6.92 Å². The molecule has 0 aliphatic carbocycles. The van der Waals surface area contributed by atoms with Gasteiger partial charge in [-0.25, -0.2) is 0 Å². The minimum atomic E-state index is -0.141. The topological polar surface area (TPSA) is 60.9 Å². The van der Waals surface area contributed by atoms with Crippen molar-refractivity contribution in [2.24, 2.45) is 0 Å². The molecule has 3 aromatic rings. The zero-order valence-electron chi connectivity index (χ0n) is 17.7. The maximum absolute atomic E-state index is 13.2. The lowest BCUT2D eigenvalue weighted by molar-refractivity contribution is 0.0876. The number of aromatic nitrogens is 1. The summed E-state index contributed by atoms with van der Waals surface area (Å²) in [6, 6.07) is 11.5. The summed E-state index contributed by atoms with van der Waals surface area (Å²) in [5, 5.41) is 0. The molecule has 0 bridgehead atoms. The third-order valence-electron chi connectivity index (χ3n) is 5.61. The summed E-state index contributed by atoms with van der Waals surface area (Å²) in [5.41, 5.74) is 4.27. The van der Waals surface area contributed by atoms with Gasteiger partial charge in [0.2, 0.25) is 5.78 Å². The third kappa shape index (κ3) is 3.78. The van der Waals surface area contributed by atoms with Crippen molar-refractivity contribution in [3.8, 4) is 17.2 Å². The fraction of sp³-hybridized carbons (Fsp3) is 0.200. The summed E-state index contributed by atoms with van der Waals surface area (Å²) in [6.45, 7) is 3.81. The van der Waals surface area contributed by atoms with Crippen molar-refractivity contribution in [2.75, 3.05) is 13.8 Å². The zero-order chi connectivity index (χ0) is 22.2. The van der Waals surface area contributed by atoms with Crippen LogP contribution in [0.2, 0.25) is 0 Å². The van der Waals surface area contributed by atoms with E-state index in [2.05, 4.69) is 25.8 Å². The normalized spacial score (nSPS) is 16.3. The van der Waals surface area contributed by atoms with Gasteiger partial charge in [0.15, 0.2) is 5.76 Å². The van der Waals surface area contributed by atoms with Gasteiger partial charge in [0.1, 0.15) is 24.0 Å². The molecule has 162 valence electrons. The quantitative estimate of drug-likeness (QED) is 0.470. The van der Waals surface area contributed by atoms with Gasteiger partial charge in [-0.15, -0.1) is 0 Å². The maximum atomic E-state index is 13.2. The van der Waals surface area contributed by atoms with E-state index in [-0.39, 0.29) is 11.5 Å². The molecule has 0 saturated heterocycles. The van der Waals surface area contributed by atoms with Gasteiger partial charge in [0, 0.05) is 46.6 Å². The van der Waals surface area contributed by atoms with Gasteiger partial charge in [-0.1, -0.05) is 22.0 Å². The van der Waals surface area contributed by atoms with Crippen LogP contribution in [0.1, 0.15) is 32.6 Å². The van der Waals surface area contributed by atoms with Crippen LogP contribution in [-0.2, 0) is 13.1 Å². The van der Waals surface area contributed by atoms with E-state index >= 15 is 0 Å². The van der Waals surface area contributed by atoms with Crippen LogP contribution < -0.4 is 14.2 Å². The van der Waals surface area contributed by atoms with Gasteiger partial charge in [-0.2, -0.15) is 0 Å². The smallest absolute Gasteiger partial charge is 0.231 e. The number of nitrogens with zero attached hydrogens (tertiary/aromatic N) is 2. The molecule has 0 saturated carbocycles. The third-order valence-corrected chi connectivity index (χ3v) is 6.10. The molecule has 7 heteroatoms. The summed E-state index contributed by atoms with van der Waals surface area (Å²) < 4.78 is 18.4. The zero-order valence-corrected chi connectivity index (χ0v) is 19.3. The van der Waals surface area contributed by atoms with Gasteiger partial charge in [0.05, 0.1) is 12.7 Å². The molecule has 5 rings (SSSR count). The number of pyridine rings is 1. The van der Waals surface area contributed by atoms with Gasteiger partial charge in [0.25, 0.3) is 0 Å².